The zero-order chi connectivity index (χ0) is 15.7. The molecule has 3 aromatic carbocycles. The number of carboxylic acid groups (broad SMARTS) is 1. The monoisotopic (exact) mass is 292 g/mol. The number of carbonyl (C=O) groups is 2. The van der Waals surface area contributed by atoms with Crippen molar-refractivity contribution in [1.29, 1.82) is 0 Å². The molecule has 4 heteroatoms. The predicted octanol–water partition coefficient (Wildman–Crippen LogP) is 3.47. The van der Waals surface area contributed by atoms with E-state index in [0.29, 0.717) is 21.9 Å². The number of aromatic carboxylic acids is 1. The summed E-state index contributed by atoms with van der Waals surface area (Å²) in [5.74, 6) is -1.28. The molecule has 108 valence electrons. The van der Waals surface area contributed by atoms with Crippen LogP contribution in [0.15, 0.2) is 60.7 Å². The van der Waals surface area contributed by atoms with E-state index in [1.54, 1.807) is 30.3 Å². The van der Waals surface area contributed by atoms with Crippen molar-refractivity contribution < 1.29 is 19.8 Å². The topological polar surface area (TPSA) is 74.6 Å². The van der Waals surface area contributed by atoms with Crippen molar-refractivity contribution in [1.82, 2.24) is 0 Å². The van der Waals surface area contributed by atoms with Gasteiger partial charge in [-0.05, 0) is 35.7 Å². The highest BCUT2D eigenvalue weighted by molar-refractivity contribution is 6.20. The second-order valence-corrected chi connectivity index (χ2v) is 4.89. The summed E-state index contributed by atoms with van der Waals surface area (Å²) >= 11 is 0. The van der Waals surface area contributed by atoms with Crippen LogP contribution >= 0.6 is 0 Å². The van der Waals surface area contributed by atoms with Gasteiger partial charge in [0.25, 0.3) is 0 Å². The van der Waals surface area contributed by atoms with Crippen molar-refractivity contribution in [2.24, 2.45) is 0 Å². The SMILES string of the molecule is O=C(O)c1cccc2cccc(C(=O)c3ccc(O)cc3)c12. The molecule has 3 aromatic rings. The van der Waals surface area contributed by atoms with Crippen LogP contribution in [0.5, 0.6) is 5.75 Å². The zero-order valence-electron chi connectivity index (χ0n) is 11.5. The first-order valence-corrected chi connectivity index (χ1v) is 6.66. The van der Waals surface area contributed by atoms with E-state index in [9.17, 15) is 19.8 Å². The minimum absolute atomic E-state index is 0.0701. The van der Waals surface area contributed by atoms with E-state index in [-0.39, 0.29) is 17.1 Å². The summed E-state index contributed by atoms with van der Waals surface area (Å²) in [6, 6.07) is 15.9. The van der Waals surface area contributed by atoms with E-state index in [4.69, 9.17) is 0 Å². The number of phenolic OH excluding ortho intramolecular Hbond substituents is 1. The summed E-state index contributed by atoms with van der Waals surface area (Å²) in [5.41, 5.74) is 0.826. The van der Waals surface area contributed by atoms with Crippen LogP contribution in [0.1, 0.15) is 26.3 Å². The number of rotatable bonds is 3. The highest BCUT2D eigenvalue weighted by Gasteiger charge is 2.17. The third kappa shape index (κ3) is 2.31. The first-order valence-electron chi connectivity index (χ1n) is 6.66. The molecule has 0 fully saturated rings. The first kappa shape index (κ1) is 13.8. The lowest BCUT2D eigenvalue weighted by atomic mass is 9.94. The van der Waals surface area contributed by atoms with Crippen molar-refractivity contribution in [2.75, 3.05) is 0 Å². The molecule has 2 N–H and O–H groups in total. The van der Waals surface area contributed by atoms with Gasteiger partial charge in [-0.3, -0.25) is 4.79 Å². The molecule has 0 bridgehead atoms. The molecule has 3 rings (SSSR count). The minimum Gasteiger partial charge on any atom is -0.508 e. The molecular weight excluding hydrogens is 280 g/mol. The van der Waals surface area contributed by atoms with Crippen LogP contribution in [-0.4, -0.2) is 22.0 Å². The van der Waals surface area contributed by atoms with Gasteiger partial charge in [0.15, 0.2) is 5.78 Å². The largest absolute Gasteiger partial charge is 0.508 e. The maximum Gasteiger partial charge on any atom is 0.336 e. The normalized spacial score (nSPS) is 10.5. The molecule has 0 radical (unpaired) electrons. The molecule has 0 spiro atoms. The summed E-state index contributed by atoms with van der Waals surface area (Å²) in [5, 5.41) is 19.8. The highest BCUT2D eigenvalue weighted by atomic mass is 16.4. The van der Waals surface area contributed by atoms with Crippen LogP contribution < -0.4 is 0 Å². The van der Waals surface area contributed by atoms with Gasteiger partial charge in [-0.2, -0.15) is 0 Å². The number of phenols is 1. The lowest BCUT2D eigenvalue weighted by Crippen LogP contribution is -2.06. The summed E-state index contributed by atoms with van der Waals surface area (Å²) < 4.78 is 0. The number of hydrogen-bond acceptors (Lipinski definition) is 3. The van der Waals surface area contributed by atoms with Crippen molar-refractivity contribution >= 4 is 22.5 Å². The lowest BCUT2D eigenvalue weighted by Gasteiger charge is -2.09. The van der Waals surface area contributed by atoms with Gasteiger partial charge in [0.05, 0.1) is 5.56 Å². The van der Waals surface area contributed by atoms with Gasteiger partial charge in [0.1, 0.15) is 5.75 Å². The summed E-state index contributed by atoms with van der Waals surface area (Å²) in [4.78, 5) is 24.1. The summed E-state index contributed by atoms with van der Waals surface area (Å²) in [6.07, 6.45) is 0. The quantitative estimate of drug-likeness (QED) is 0.725. The van der Waals surface area contributed by atoms with Crippen LogP contribution in [0, 0.1) is 0 Å². The molecule has 0 aliphatic carbocycles. The van der Waals surface area contributed by atoms with Gasteiger partial charge in [-0.1, -0.05) is 30.3 Å². The van der Waals surface area contributed by atoms with E-state index in [1.165, 1.54) is 30.3 Å². The minimum atomic E-state index is -1.07. The Morgan fingerprint density at radius 1 is 0.773 bits per heavy atom. The Morgan fingerprint density at radius 3 is 1.95 bits per heavy atom. The molecule has 0 saturated heterocycles. The van der Waals surface area contributed by atoms with E-state index in [1.807, 2.05) is 0 Å². The fourth-order valence-electron chi connectivity index (χ4n) is 2.48. The molecule has 0 atom stereocenters. The average Bonchev–Trinajstić information content (AvgIpc) is 2.53. The third-order valence-corrected chi connectivity index (χ3v) is 3.51. The van der Waals surface area contributed by atoms with Crippen LogP contribution in [0.3, 0.4) is 0 Å². The van der Waals surface area contributed by atoms with Crippen LogP contribution in [0.2, 0.25) is 0 Å². The van der Waals surface area contributed by atoms with Gasteiger partial charge in [-0.15, -0.1) is 0 Å². The second kappa shape index (κ2) is 5.33. The zero-order valence-corrected chi connectivity index (χ0v) is 11.5. The van der Waals surface area contributed by atoms with Gasteiger partial charge in [0, 0.05) is 16.5 Å². The molecule has 0 unspecified atom stereocenters. The molecule has 0 heterocycles. The number of hydrogen-bond donors (Lipinski definition) is 2. The Hall–Kier alpha value is -3.14. The van der Waals surface area contributed by atoms with Crippen molar-refractivity contribution in [3.05, 3.63) is 77.4 Å². The van der Waals surface area contributed by atoms with Crippen molar-refractivity contribution in [2.45, 2.75) is 0 Å². The van der Waals surface area contributed by atoms with E-state index < -0.39 is 5.97 Å². The van der Waals surface area contributed by atoms with Gasteiger partial charge < -0.3 is 10.2 Å². The number of carbonyl (C=O) groups excluding carboxylic acids is 1. The number of fused-ring (bicyclic) bond motifs is 1. The van der Waals surface area contributed by atoms with Gasteiger partial charge >= 0.3 is 5.97 Å². The molecule has 0 aliphatic heterocycles. The fourth-order valence-corrected chi connectivity index (χ4v) is 2.48. The van der Waals surface area contributed by atoms with Crippen LogP contribution in [-0.2, 0) is 0 Å². The average molecular weight is 292 g/mol. The van der Waals surface area contributed by atoms with E-state index in [0.717, 1.165) is 0 Å². The number of carboxylic acids is 1. The number of ketones is 1. The smallest absolute Gasteiger partial charge is 0.336 e. The first-order chi connectivity index (χ1) is 10.6. The van der Waals surface area contributed by atoms with E-state index in [2.05, 4.69) is 0 Å². The molecular formula is C18H12O4. The predicted molar refractivity (Wildman–Crippen MR) is 82.4 cm³/mol. The Morgan fingerprint density at radius 2 is 1.36 bits per heavy atom. The van der Waals surface area contributed by atoms with Crippen molar-refractivity contribution in [3.8, 4) is 5.75 Å². The van der Waals surface area contributed by atoms with Crippen molar-refractivity contribution in [3.63, 3.8) is 0 Å². The summed E-state index contributed by atoms with van der Waals surface area (Å²) in [7, 11) is 0. The maximum absolute atomic E-state index is 12.7. The Balaban J connectivity index is 2.24. The van der Waals surface area contributed by atoms with Crippen LogP contribution in [0.4, 0.5) is 0 Å². The summed E-state index contributed by atoms with van der Waals surface area (Å²) in [6.45, 7) is 0. The lowest BCUT2D eigenvalue weighted by molar-refractivity contribution is 0.0699. The highest BCUT2D eigenvalue weighted by Crippen LogP contribution is 2.26. The number of benzene rings is 3. The number of aromatic hydroxyl groups is 1. The standard InChI is InChI=1S/C18H12O4/c19-13-9-7-12(8-10-13)17(20)14-5-1-3-11-4-2-6-15(16(11)14)18(21)22/h1-10,19H,(H,21,22). The maximum atomic E-state index is 12.7. The molecule has 0 aliphatic rings. The molecule has 0 amide bonds. The van der Waals surface area contributed by atoms with Gasteiger partial charge in [0.2, 0.25) is 0 Å². The van der Waals surface area contributed by atoms with Crippen LogP contribution in [0.25, 0.3) is 10.8 Å². The van der Waals surface area contributed by atoms with Gasteiger partial charge in [-0.25, -0.2) is 4.79 Å². The second-order valence-electron chi connectivity index (χ2n) is 4.89. The molecule has 0 saturated carbocycles. The van der Waals surface area contributed by atoms with E-state index >= 15 is 0 Å². The molecule has 0 aromatic heterocycles. The molecule has 4 nitrogen and oxygen atoms in total. The third-order valence-electron chi connectivity index (χ3n) is 3.51. The Bertz CT molecular complexity index is 874. The Labute approximate surface area is 126 Å². The molecule has 22 heavy (non-hydrogen) atoms. The fraction of sp³-hybridized carbons (Fsp3) is 0. The Kier molecular flexibility index (Phi) is 3.35.